The number of benzene rings is 2. The first-order valence-electron chi connectivity index (χ1n) is 19.1. The molecule has 4 amide bonds. The molecule has 1 aliphatic heterocycles. The van der Waals surface area contributed by atoms with Gasteiger partial charge >= 0.3 is 0 Å². The SMILES string of the molecule is CCn1nc(C)cc1C(=O)Nc1nc2cc(C(N)=O)cc(OCCCOC)c2n1CC(F)(F)C[C@H]1COc2cc(C(N)=O)cc3nc(NC(=O)c4cc(C)nn4CC)n1c23. The van der Waals surface area contributed by atoms with Crippen molar-refractivity contribution in [3.05, 3.63) is 70.3 Å². The van der Waals surface area contributed by atoms with Crippen molar-refractivity contribution in [3.8, 4) is 11.5 Å². The number of nitrogens with one attached hydrogen (secondary N) is 2. The molecule has 1 atom stereocenters. The van der Waals surface area contributed by atoms with E-state index in [1.54, 1.807) is 32.9 Å². The van der Waals surface area contributed by atoms with Crippen LogP contribution in [0.15, 0.2) is 36.4 Å². The second kappa shape index (κ2) is 16.4. The lowest BCUT2D eigenvalue weighted by Crippen LogP contribution is -2.34. The van der Waals surface area contributed by atoms with Crippen LogP contribution < -0.4 is 31.6 Å². The quantitative estimate of drug-likeness (QED) is 0.0949. The van der Waals surface area contributed by atoms with Crippen LogP contribution in [-0.4, -0.2) is 95.1 Å². The Morgan fingerprint density at radius 1 is 0.833 bits per heavy atom. The Kier molecular flexibility index (Phi) is 11.3. The van der Waals surface area contributed by atoms with Gasteiger partial charge in [-0.3, -0.25) is 39.2 Å². The fraction of sp³-hybridized carbons (Fsp3) is 0.385. The second-order valence-electron chi connectivity index (χ2n) is 14.3. The summed E-state index contributed by atoms with van der Waals surface area (Å²) in [7, 11) is 1.52. The molecule has 0 radical (unpaired) electrons. The number of nitrogens with two attached hydrogens (primary N) is 2. The summed E-state index contributed by atoms with van der Waals surface area (Å²) in [6, 6.07) is 7.47. The van der Waals surface area contributed by atoms with Gasteiger partial charge in [0.2, 0.25) is 23.7 Å². The number of halogens is 2. The number of primary amides is 2. The van der Waals surface area contributed by atoms with Crippen LogP contribution in [0.4, 0.5) is 20.7 Å². The maximum atomic E-state index is 17.0. The van der Waals surface area contributed by atoms with Gasteiger partial charge in [-0.05, 0) is 64.1 Å². The molecular weight excluding hydrogens is 787 g/mol. The Labute approximate surface area is 340 Å². The molecule has 0 fully saturated rings. The van der Waals surface area contributed by atoms with Crippen molar-refractivity contribution in [2.24, 2.45) is 11.5 Å². The van der Waals surface area contributed by atoms with Crippen molar-refractivity contribution in [1.29, 1.82) is 0 Å². The van der Waals surface area contributed by atoms with E-state index in [1.165, 1.54) is 45.3 Å². The zero-order valence-corrected chi connectivity index (χ0v) is 33.5. The fourth-order valence-corrected chi connectivity index (χ4v) is 7.33. The maximum absolute atomic E-state index is 17.0. The third-order valence-corrected chi connectivity index (χ3v) is 9.92. The maximum Gasteiger partial charge on any atom is 0.276 e. The predicted octanol–water partition coefficient (Wildman–Crippen LogP) is 4.21. The van der Waals surface area contributed by atoms with Gasteiger partial charge in [0.15, 0.2) is 0 Å². The average molecular weight is 831 g/mol. The average Bonchev–Trinajstić information content (AvgIpc) is 3.97. The largest absolute Gasteiger partial charge is 0.491 e. The lowest BCUT2D eigenvalue weighted by molar-refractivity contribution is -0.0405. The summed E-state index contributed by atoms with van der Waals surface area (Å²) in [4.78, 5) is 61.0. The molecular formula is C39H44F2N12O7. The molecule has 6 aromatic rings. The van der Waals surface area contributed by atoms with Crippen LogP contribution in [0.25, 0.3) is 22.1 Å². The number of fused-ring (bicyclic) bond motifs is 1. The van der Waals surface area contributed by atoms with E-state index in [0.29, 0.717) is 37.5 Å². The highest BCUT2D eigenvalue weighted by Crippen LogP contribution is 2.42. The Balaban J connectivity index is 1.30. The standard InChI is InChI=1S/C39H44F2N12O7/c1-6-51-27(11-20(3)48-51)35(56)46-37-44-25-13-22(33(42)54)15-29(59-10-8-9-58-5)31(25)50(37)19-39(40,41)17-24-18-60-30-16-23(34(43)55)14-26-32(30)53(24)38(45-26)47-36(57)28-12-21(4)49-52(28)7-2/h11-16,24H,6-10,17-19H2,1-5H3,(H2,42,54)(H2,43,55)(H,44,46,56)(H,45,47,57)/t24-/m0/s1. The molecule has 4 aromatic heterocycles. The van der Waals surface area contributed by atoms with Gasteiger partial charge in [-0.2, -0.15) is 10.2 Å². The number of ether oxygens (including phenoxy) is 3. The van der Waals surface area contributed by atoms with Crippen LogP contribution in [0.1, 0.15) is 85.8 Å². The molecule has 2 aromatic carbocycles. The Morgan fingerprint density at radius 3 is 1.98 bits per heavy atom. The normalized spacial score (nSPS) is 13.8. The fourth-order valence-electron chi connectivity index (χ4n) is 7.33. The van der Waals surface area contributed by atoms with Gasteiger partial charge in [0.1, 0.15) is 40.5 Å². The molecule has 0 spiro atoms. The first-order chi connectivity index (χ1) is 28.6. The number of rotatable bonds is 17. The summed E-state index contributed by atoms with van der Waals surface area (Å²) in [5.74, 6) is -6.56. The summed E-state index contributed by atoms with van der Waals surface area (Å²) in [5, 5.41) is 14.1. The number of nitrogens with zero attached hydrogens (tertiary/aromatic N) is 8. The molecule has 0 unspecified atom stereocenters. The predicted molar refractivity (Wildman–Crippen MR) is 214 cm³/mol. The number of aryl methyl sites for hydroxylation is 4. The van der Waals surface area contributed by atoms with Crippen LogP contribution in [-0.2, 0) is 24.4 Å². The second-order valence-corrected chi connectivity index (χ2v) is 14.3. The van der Waals surface area contributed by atoms with Gasteiger partial charge in [-0.1, -0.05) is 0 Å². The number of amides is 4. The van der Waals surface area contributed by atoms with E-state index in [4.69, 9.17) is 25.7 Å². The number of carbonyl (C=O) groups is 4. The molecule has 19 nitrogen and oxygen atoms in total. The highest BCUT2D eigenvalue weighted by atomic mass is 19.3. The Morgan fingerprint density at radius 2 is 1.40 bits per heavy atom. The molecule has 0 saturated heterocycles. The van der Waals surface area contributed by atoms with Crippen molar-refractivity contribution in [1.82, 2.24) is 38.7 Å². The molecule has 316 valence electrons. The number of hydrogen-bond donors (Lipinski definition) is 4. The van der Waals surface area contributed by atoms with Gasteiger partial charge in [-0.15, -0.1) is 0 Å². The number of hydrogen-bond acceptors (Lipinski definition) is 11. The van der Waals surface area contributed by atoms with Crippen LogP contribution >= 0.6 is 0 Å². The van der Waals surface area contributed by atoms with Crippen molar-refractivity contribution < 1.29 is 42.2 Å². The van der Waals surface area contributed by atoms with Gasteiger partial charge in [0, 0.05) is 50.8 Å². The minimum atomic E-state index is -3.60. The number of carbonyl (C=O) groups excluding carboxylic acids is 4. The number of anilines is 2. The molecule has 0 saturated carbocycles. The van der Waals surface area contributed by atoms with Gasteiger partial charge < -0.3 is 34.8 Å². The van der Waals surface area contributed by atoms with Crippen LogP contribution in [0, 0.1) is 13.8 Å². The van der Waals surface area contributed by atoms with E-state index in [1.807, 2.05) is 6.92 Å². The zero-order chi connectivity index (χ0) is 43.0. The van der Waals surface area contributed by atoms with Crippen molar-refractivity contribution in [2.45, 2.75) is 72.1 Å². The van der Waals surface area contributed by atoms with Crippen LogP contribution in [0.5, 0.6) is 11.5 Å². The molecule has 21 heteroatoms. The first kappa shape index (κ1) is 41.3. The highest BCUT2D eigenvalue weighted by molar-refractivity contribution is 6.05. The minimum Gasteiger partial charge on any atom is -0.491 e. The lowest BCUT2D eigenvalue weighted by atomic mass is 10.1. The van der Waals surface area contributed by atoms with Gasteiger partial charge in [0.05, 0.1) is 41.6 Å². The zero-order valence-electron chi connectivity index (χ0n) is 33.5. The van der Waals surface area contributed by atoms with E-state index in [-0.39, 0.29) is 81.2 Å². The number of alkyl halides is 2. The third-order valence-electron chi connectivity index (χ3n) is 9.92. The summed E-state index contributed by atoms with van der Waals surface area (Å²) < 4.78 is 56.7. The van der Waals surface area contributed by atoms with Crippen molar-refractivity contribution in [3.63, 3.8) is 0 Å². The molecule has 7 rings (SSSR count). The topological polar surface area (TPSA) is 243 Å². The minimum absolute atomic E-state index is 0.00609. The summed E-state index contributed by atoms with van der Waals surface area (Å²) in [6.45, 7) is 6.88. The number of methoxy groups -OCH3 is 1. The first-order valence-corrected chi connectivity index (χ1v) is 19.1. The van der Waals surface area contributed by atoms with E-state index in [9.17, 15) is 19.2 Å². The molecule has 1 aliphatic rings. The third kappa shape index (κ3) is 8.07. The molecule has 5 heterocycles. The smallest absolute Gasteiger partial charge is 0.276 e. The summed E-state index contributed by atoms with van der Waals surface area (Å²) >= 11 is 0. The van der Waals surface area contributed by atoms with Gasteiger partial charge in [-0.25, -0.2) is 18.7 Å². The van der Waals surface area contributed by atoms with E-state index in [0.717, 1.165) is 4.57 Å². The van der Waals surface area contributed by atoms with Crippen LogP contribution in [0.2, 0.25) is 0 Å². The lowest BCUT2D eigenvalue weighted by Gasteiger charge is -2.30. The highest BCUT2D eigenvalue weighted by Gasteiger charge is 2.40. The molecule has 0 bridgehead atoms. The number of aromatic nitrogens is 8. The van der Waals surface area contributed by atoms with E-state index < -0.39 is 48.6 Å². The van der Waals surface area contributed by atoms with E-state index in [2.05, 4.69) is 30.8 Å². The van der Waals surface area contributed by atoms with E-state index >= 15 is 8.78 Å². The van der Waals surface area contributed by atoms with Gasteiger partial charge in [0.25, 0.3) is 17.7 Å². The Hall–Kier alpha value is -6.90. The summed E-state index contributed by atoms with van der Waals surface area (Å²) in [5.41, 5.74) is 13.4. The molecule has 60 heavy (non-hydrogen) atoms. The summed E-state index contributed by atoms with van der Waals surface area (Å²) in [6.07, 6.45) is -0.446. The van der Waals surface area contributed by atoms with Crippen LogP contribution in [0.3, 0.4) is 0 Å². The number of imidazole rings is 2. The van der Waals surface area contributed by atoms with Crippen molar-refractivity contribution in [2.75, 3.05) is 37.6 Å². The monoisotopic (exact) mass is 830 g/mol. The Bertz CT molecular complexity index is 2660. The van der Waals surface area contributed by atoms with Crippen molar-refractivity contribution >= 4 is 57.6 Å². The molecule has 6 N–H and O–H groups in total. The molecule has 0 aliphatic carbocycles.